The number of benzene rings is 1. The van der Waals surface area contributed by atoms with E-state index in [1.807, 2.05) is 0 Å². The summed E-state index contributed by atoms with van der Waals surface area (Å²) in [6, 6.07) is 7.57. The molecule has 1 amide bonds. The van der Waals surface area contributed by atoms with Gasteiger partial charge in [-0.3, -0.25) is 9.48 Å². The number of carbonyl (C=O) groups excluding carboxylic acids is 2. The van der Waals surface area contributed by atoms with E-state index < -0.39 is 16.0 Å². The van der Waals surface area contributed by atoms with Gasteiger partial charge in [-0.05, 0) is 36.8 Å². The molecule has 9 nitrogen and oxygen atoms in total. The zero-order valence-corrected chi connectivity index (χ0v) is 15.8. The van der Waals surface area contributed by atoms with Crippen molar-refractivity contribution in [2.24, 2.45) is 0 Å². The second-order valence-corrected chi connectivity index (χ2v) is 8.07. The van der Waals surface area contributed by atoms with Crippen LogP contribution in [0.25, 0.3) is 0 Å². The van der Waals surface area contributed by atoms with E-state index in [1.165, 1.54) is 30.5 Å². The van der Waals surface area contributed by atoms with Crippen LogP contribution in [0.2, 0.25) is 0 Å². The summed E-state index contributed by atoms with van der Waals surface area (Å²) in [7, 11) is -2.45. The highest BCUT2D eigenvalue weighted by Gasteiger charge is 2.28. The number of ether oxygens (including phenoxy) is 1. The molecule has 0 spiro atoms. The Labute approximate surface area is 157 Å². The molecular formula is C17H20N4O5S. The van der Waals surface area contributed by atoms with Crippen molar-refractivity contribution in [3.8, 4) is 0 Å². The molecule has 0 unspecified atom stereocenters. The number of anilines is 1. The summed E-state index contributed by atoms with van der Waals surface area (Å²) in [5.74, 6) is -0.786. The SMILES string of the molecule is COC(=O)c1cc2n(n1)CCCN(S(=O)(=O)c1ccc(NC(C)=O)cc1)C2. The number of carbonyl (C=O) groups is 2. The number of methoxy groups -OCH3 is 1. The number of esters is 1. The molecule has 0 fully saturated rings. The van der Waals surface area contributed by atoms with Gasteiger partial charge in [0.1, 0.15) is 0 Å². The van der Waals surface area contributed by atoms with Crippen molar-refractivity contribution in [3.63, 3.8) is 0 Å². The summed E-state index contributed by atoms with van der Waals surface area (Å²) in [4.78, 5) is 22.9. The zero-order chi connectivity index (χ0) is 19.6. The van der Waals surface area contributed by atoms with Crippen molar-refractivity contribution < 1.29 is 22.7 Å². The fraction of sp³-hybridized carbons (Fsp3) is 0.353. The fourth-order valence-electron chi connectivity index (χ4n) is 2.90. The van der Waals surface area contributed by atoms with Gasteiger partial charge in [0.25, 0.3) is 0 Å². The monoisotopic (exact) mass is 392 g/mol. The molecule has 144 valence electrons. The van der Waals surface area contributed by atoms with E-state index in [9.17, 15) is 18.0 Å². The third-order valence-electron chi connectivity index (χ3n) is 4.19. The molecule has 3 rings (SSSR count). The Morgan fingerprint density at radius 3 is 2.52 bits per heavy atom. The lowest BCUT2D eigenvalue weighted by Gasteiger charge is -2.19. The van der Waals surface area contributed by atoms with Crippen LogP contribution in [0.1, 0.15) is 29.5 Å². The number of amides is 1. The van der Waals surface area contributed by atoms with Gasteiger partial charge in [0.2, 0.25) is 15.9 Å². The van der Waals surface area contributed by atoms with Crippen LogP contribution < -0.4 is 5.32 Å². The van der Waals surface area contributed by atoms with Gasteiger partial charge in [0, 0.05) is 25.7 Å². The molecule has 0 saturated carbocycles. The van der Waals surface area contributed by atoms with E-state index in [0.29, 0.717) is 30.9 Å². The van der Waals surface area contributed by atoms with Crippen molar-refractivity contribution in [2.45, 2.75) is 31.3 Å². The molecule has 1 aliphatic heterocycles. The number of hydrogen-bond donors (Lipinski definition) is 1. The zero-order valence-electron chi connectivity index (χ0n) is 15.0. The van der Waals surface area contributed by atoms with Crippen molar-refractivity contribution >= 4 is 27.6 Å². The van der Waals surface area contributed by atoms with Gasteiger partial charge < -0.3 is 10.1 Å². The number of nitrogens with zero attached hydrogens (tertiary/aromatic N) is 3. The highest BCUT2D eigenvalue weighted by molar-refractivity contribution is 7.89. The maximum Gasteiger partial charge on any atom is 0.358 e. The van der Waals surface area contributed by atoms with Crippen molar-refractivity contribution in [1.29, 1.82) is 0 Å². The third kappa shape index (κ3) is 4.01. The summed E-state index contributed by atoms with van der Waals surface area (Å²) in [5, 5.41) is 6.79. The van der Waals surface area contributed by atoms with Crippen LogP contribution in [0.3, 0.4) is 0 Å². The van der Waals surface area contributed by atoms with Gasteiger partial charge in [0.05, 0.1) is 24.2 Å². The Balaban J connectivity index is 1.85. The molecule has 0 aliphatic carbocycles. The molecule has 1 aromatic heterocycles. The second-order valence-electron chi connectivity index (χ2n) is 6.13. The predicted octanol–water partition coefficient (Wildman–Crippen LogP) is 1.22. The second kappa shape index (κ2) is 7.49. The number of aromatic nitrogens is 2. The minimum atomic E-state index is -3.73. The molecule has 2 aromatic rings. The number of fused-ring (bicyclic) bond motifs is 1. The normalized spacial score (nSPS) is 14.9. The lowest BCUT2D eigenvalue weighted by atomic mass is 10.3. The van der Waals surface area contributed by atoms with E-state index in [2.05, 4.69) is 15.2 Å². The van der Waals surface area contributed by atoms with Gasteiger partial charge in [-0.15, -0.1) is 0 Å². The van der Waals surface area contributed by atoms with Gasteiger partial charge in [-0.1, -0.05) is 0 Å². The Kier molecular flexibility index (Phi) is 5.29. The first-order valence-electron chi connectivity index (χ1n) is 8.34. The van der Waals surface area contributed by atoms with E-state index >= 15 is 0 Å². The van der Waals surface area contributed by atoms with E-state index in [0.717, 1.165) is 0 Å². The molecule has 1 aliphatic rings. The van der Waals surface area contributed by atoms with Gasteiger partial charge in [-0.2, -0.15) is 9.40 Å². The summed E-state index contributed by atoms with van der Waals surface area (Å²) >= 11 is 0. The van der Waals surface area contributed by atoms with Crippen molar-refractivity contribution in [1.82, 2.24) is 14.1 Å². The molecule has 0 radical (unpaired) electrons. The number of rotatable bonds is 4. The summed E-state index contributed by atoms with van der Waals surface area (Å²) in [6.07, 6.45) is 0.568. The van der Waals surface area contributed by atoms with Crippen LogP contribution >= 0.6 is 0 Å². The number of aryl methyl sites for hydroxylation is 1. The van der Waals surface area contributed by atoms with Crippen molar-refractivity contribution in [2.75, 3.05) is 19.0 Å². The lowest BCUT2D eigenvalue weighted by Crippen LogP contribution is -2.30. The maximum absolute atomic E-state index is 13.0. The summed E-state index contributed by atoms with van der Waals surface area (Å²) in [5.41, 5.74) is 1.32. The molecule has 0 atom stereocenters. The highest BCUT2D eigenvalue weighted by Crippen LogP contribution is 2.23. The van der Waals surface area contributed by atoms with Crippen LogP contribution in [0, 0.1) is 0 Å². The topological polar surface area (TPSA) is 111 Å². The molecular weight excluding hydrogens is 372 g/mol. The quantitative estimate of drug-likeness (QED) is 0.784. The molecule has 0 bridgehead atoms. The van der Waals surface area contributed by atoms with Crippen LogP contribution in [0.4, 0.5) is 5.69 Å². The fourth-order valence-corrected chi connectivity index (χ4v) is 4.35. The van der Waals surface area contributed by atoms with E-state index in [-0.39, 0.29) is 23.0 Å². The maximum atomic E-state index is 13.0. The van der Waals surface area contributed by atoms with Crippen LogP contribution in [0.15, 0.2) is 35.2 Å². The third-order valence-corrected chi connectivity index (χ3v) is 6.05. The lowest BCUT2D eigenvalue weighted by molar-refractivity contribution is -0.114. The van der Waals surface area contributed by atoms with E-state index in [4.69, 9.17) is 0 Å². The van der Waals surface area contributed by atoms with Gasteiger partial charge >= 0.3 is 5.97 Å². The minimum absolute atomic E-state index is 0.111. The Hall–Kier alpha value is -2.72. The van der Waals surface area contributed by atoms with E-state index in [1.54, 1.807) is 22.9 Å². The Morgan fingerprint density at radius 2 is 1.89 bits per heavy atom. The smallest absolute Gasteiger partial charge is 0.358 e. The minimum Gasteiger partial charge on any atom is -0.464 e. The van der Waals surface area contributed by atoms with Crippen LogP contribution in [-0.4, -0.2) is 48.0 Å². The Bertz CT molecular complexity index is 966. The largest absolute Gasteiger partial charge is 0.464 e. The number of hydrogen-bond acceptors (Lipinski definition) is 6. The van der Waals surface area contributed by atoms with Crippen LogP contribution in [-0.2, 0) is 32.6 Å². The average Bonchev–Trinajstić information content (AvgIpc) is 2.92. The predicted molar refractivity (Wildman–Crippen MR) is 96.5 cm³/mol. The molecule has 27 heavy (non-hydrogen) atoms. The standard InChI is InChI=1S/C17H20N4O5S/c1-12(22)18-13-4-6-15(7-5-13)27(24,25)20-8-3-9-21-14(11-20)10-16(19-21)17(23)26-2/h4-7,10H,3,8-9,11H2,1-2H3,(H,18,22). The molecule has 2 heterocycles. The Morgan fingerprint density at radius 1 is 1.19 bits per heavy atom. The van der Waals surface area contributed by atoms with Crippen LogP contribution in [0.5, 0.6) is 0 Å². The number of nitrogens with one attached hydrogen (secondary N) is 1. The molecule has 10 heteroatoms. The molecule has 1 N–H and O–H groups in total. The first kappa shape index (κ1) is 19.1. The summed E-state index contributed by atoms with van der Waals surface area (Å²) in [6.45, 7) is 2.35. The first-order valence-corrected chi connectivity index (χ1v) is 9.78. The van der Waals surface area contributed by atoms with Crippen molar-refractivity contribution in [3.05, 3.63) is 41.7 Å². The highest BCUT2D eigenvalue weighted by atomic mass is 32.2. The van der Waals surface area contributed by atoms with Gasteiger partial charge in [-0.25, -0.2) is 13.2 Å². The van der Waals surface area contributed by atoms with Gasteiger partial charge in [0.15, 0.2) is 5.69 Å². The molecule has 0 saturated heterocycles. The number of sulfonamides is 1. The molecule has 1 aromatic carbocycles. The average molecular weight is 392 g/mol. The first-order chi connectivity index (χ1) is 12.8. The summed E-state index contributed by atoms with van der Waals surface area (Å²) < 4.78 is 33.7.